The van der Waals surface area contributed by atoms with Crippen molar-refractivity contribution in [2.75, 3.05) is 13.2 Å². The third-order valence-electron chi connectivity index (χ3n) is 2.73. The van der Waals surface area contributed by atoms with E-state index in [9.17, 15) is 9.50 Å². The summed E-state index contributed by atoms with van der Waals surface area (Å²) in [6.45, 7) is 6.35. The summed E-state index contributed by atoms with van der Waals surface area (Å²) >= 11 is 0. The molecule has 4 heteroatoms. The molecule has 2 N–H and O–H groups in total. The molecule has 3 nitrogen and oxygen atoms in total. The van der Waals surface area contributed by atoms with Crippen molar-refractivity contribution < 1.29 is 14.2 Å². The van der Waals surface area contributed by atoms with Gasteiger partial charge in [0.05, 0.1) is 13.2 Å². The number of rotatable bonds is 7. The Morgan fingerprint density at radius 2 is 2.06 bits per heavy atom. The second-order valence-corrected chi connectivity index (χ2v) is 5.05. The van der Waals surface area contributed by atoms with Gasteiger partial charge in [-0.15, -0.1) is 0 Å². The molecule has 18 heavy (non-hydrogen) atoms. The minimum Gasteiger partial charge on any atom is -0.490 e. The van der Waals surface area contributed by atoms with Crippen molar-refractivity contribution in [3.05, 3.63) is 30.1 Å². The van der Waals surface area contributed by atoms with Crippen molar-refractivity contribution in [2.24, 2.45) is 0 Å². The molecule has 1 rings (SSSR count). The molecule has 0 aliphatic rings. The Bertz CT molecular complexity index is 371. The van der Waals surface area contributed by atoms with Crippen LogP contribution in [0.25, 0.3) is 0 Å². The Kier molecular flexibility index (Phi) is 5.56. The lowest BCUT2D eigenvalue weighted by atomic mass is 9.98. The number of aliphatic hydroxyl groups excluding tert-OH is 1. The summed E-state index contributed by atoms with van der Waals surface area (Å²) in [5.74, 6) is -0.109. The molecule has 0 amide bonds. The first-order chi connectivity index (χ1) is 8.47. The van der Waals surface area contributed by atoms with E-state index in [2.05, 4.69) is 5.32 Å². The summed E-state index contributed by atoms with van der Waals surface area (Å²) < 4.78 is 18.7. The fourth-order valence-corrected chi connectivity index (χ4v) is 1.84. The van der Waals surface area contributed by atoms with E-state index in [1.165, 1.54) is 6.07 Å². The molecule has 1 aromatic rings. The highest BCUT2D eigenvalue weighted by Gasteiger charge is 2.23. The second-order valence-electron chi connectivity index (χ2n) is 5.05. The van der Waals surface area contributed by atoms with Crippen molar-refractivity contribution in [1.82, 2.24) is 5.32 Å². The van der Waals surface area contributed by atoms with Gasteiger partial charge in [0, 0.05) is 18.0 Å². The smallest absolute Gasteiger partial charge is 0.165 e. The van der Waals surface area contributed by atoms with Gasteiger partial charge in [0.2, 0.25) is 0 Å². The van der Waals surface area contributed by atoms with Crippen molar-refractivity contribution >= 4 is 0 Å². The Balaban J connectivity index is 2.47. The maximum Gasteiger partial charge on any atom is 0.165 e. The van der Waals surface area contributed by atoms with Gasteiger partial charge < -0.3 is 15.2 Å². The highest BCUT2D eigenvalue weighted by molar-refractivity contribution is 5.23. The maximum atomic E-state index is 13.3. The predicted molar refractivity (Wildman–Crippen MR) is 70.3 cm³/mol. The third kappa shape index (κ3) is 4.63. The SMILES string of the molecule is CC(C)NC(C)(CO)CCOc1ccccc1F. The Hall–Kier alpha value is -1.13. The lowest BCUT2D eigenvalue weighted by Gasteiger charge is -2.31. The van der Waals surface area contributed by atoms with Gasteiger partial charge in [0.1, 0.15) is 0 Å². The van der Waals surface area contributed by atoms with E-state index < -0.39 is 5.54 Å². The summed E-state index contributed by atoms with van der Waals surface area (Å²) in [5, 5.41) is 12.7. The second kappa shape index (κ2) is 6.71. The van der Waals surface area contributed by atoms with E-state index in [1.807, 2.05) is 20.8 Å². The van der Waals surface area contributed by atoms with E-state index in [0.717, 1.165) is 0 Å². The summed E-state index contributed by atoms with van der Waals surface area (Å²) in [7, 11) is 0. The van der Waals surface area contributed by atoms with Gasteiger partial charge in [0.15, 0.2) is 11.6 Å². The highest BCUT2D eigenvalue weighted by Crippen LogP contribution is 2.17. The van der Waals surface area contributed by atoms with Gasteiger partial charge in [-0.25, -0.2) is 4.39 Å². The zero-order valence-electron chi connectivity index (χ0n) is 11.2. The fourth-order valence-electron chi connectivity index (χ4n) is 1.84. The predicted octanol–water partition coefficient (Wildman–Crippen LogP) is 2.34. The van der Waals surface area contributed by atoms with Crippen LogP contribution in [0, 0.1) is 5.82 Å². The molecule has 0 aliphatic carbocycles. The lowest BCUT2D eigenvalue weighted by molar-refractivity contribution is 0.135. The average molecular weight is 255 g/mol. The zero-order valence-corrected chi connectivity index (χ0v) is 11.2. The van der Waals surface area contributed by atoms with Crippen LogP contribution in [0.2, 0.25) is 0 Å². The molecular weight excluding hydrogens is 233 g/mol. The van der Waals surface area contributed by atoms with E-state index in [4.69, 9.17) is 4.74 Å². The summed E-state index contributed by atoms with van der Waals surface area (Å²) in [4.78, 5) is 0. The van der Waals surface area contributed by atoms with Gasteiger partial charge in [-0.05, 0) is 19.1 Å². The van der Waals surface area contributed by atoms with E-state index in [1.54, 1.807) is 18.2 Å². The molecule has 102 valence electrons. The lowest BCUT2D eigenvalue weighted by Crippen LogP contribution is -2.50. The quantitative estimate of drug-likeness (QED) is 0.786. The number of ether oxygens (including phenoxy) is 1. The van der Waals surface area contributed by atoms with Crippen LogP contribution in [0.3, 0.4) is 0 Å². The largest absolute Gasteiger partial charge is 0.490 e. The molecule has 0 radical (unpaired) electrons. The Morgan fingerprint density at radius 3 is 2.61 bits per heavy atom. The van der Waals surface area contributed by atoms with Gasteiger partial charge in [-0.2, -0.15) is 0 Å². The van der Waals surface area contributed by atoms with Crippen LogP contribution in [-0.2, 0) is 0 Å². The highest BCUT2D eigenvalue weighted by atomic mass is 19.1. The van der Waals surface area contributed by atoms with Crippen LogP contribution in [0.1, 0.15) is 27.2 Å². The number of para-hydroxylation sites is 1. The van der Waals surface area contributed by atoms with Crippen LogP contribution in [0.15, 0.2) is 24.3 Å². The summed E-state index contributed by atoms with van der Waals surface area (Å²) in [6, 6.07) is 6.60. The van der Waals surface area contributed by atoms with E-state index in [-0.39, 0.29) is 24.2 Å². The number of nitrogens with one attached hydrogen (secondary N) is 1. The van der Waals surface area contributed by atoms with E-state index in [0.29, 0.717) is 13.0 Å². The Morgan fingerprint density at radius 1 is 1.39 bits per heavy atom. The maximum absolute atomic E-state index is 13.3. The number of hydrogen-bond acceptors (Lipinski definition) is 3. The average Bonchev–Trinajstić information content (AvgIpc) is 2.31. The summed E-state index contributed by atoms with van der Waals surface area (Å²) in [5.41, 5.74) is -0.403. The molecular formula is C14H22FNO2. The molecule has 0 spiro atoms. The topological polar surface area (TPSA) is 41.5 Å². The molecule has 0 aromatic heterocycles. The van der Waals surface area contributed by atoms with Gasteiger partial charge in [-0.1, -0.05) is 26.0 Å². The summed E-state index contributed by atoms with van der Waals surface area (Å²) in [6.07, 6.45) is 0.607. The van der Waals surface area contributed by atoms with Gasteiger partial charge in [-0.3, -0.25) is 0 Å². The Labute approximate surface area is 108 Å². The zero-order chi connectivity index (χ0) is 13.6. The van der Waals surface area contributed by atoms with Crippen LogP contribution in [0.5, 0.6) is 5.75 Å². The number of aliphatic hydroxyl groups is 1. The molecule has 1 aromatic carbocycles. The monoisotopic (exact) mass is 255 g/mol. The molecule has 0 bridgehead atoms. The fraction of sp³-hybridized carbons (Fsp3) is 0.571. The molecule has 0 aliphatic heterocycles. The van der Waals surface area contributed by atoms with Crippen LogP contribution < -0.4 is 10.1 Å². The molecule has 0 fully saturated rings. The van der Waals surface area contributed by atoms with Crippen LogP contribution in [-0.4, -0.2) is 29.9 Å². The molecule has 0 saturated heterocycles. The first kappa shape index (κ1) is 14.9. The third-order valence-corrected chi connectivity index (χ3v) is 2.73. The van der Waals surface area contributed by atoms with Crippen molar-refractivity contribution in [3.8, 4) is 5.75 Å². The number of halogens is 1. The van der Waals surface area contributed by atoms with Crippen molar-refractivity contribution in [1.29, 1.82) is 0 Å². The van der Waals surface area contributed by atoms with Crippen LogP contribution >= 0.6 is 0 Å². The molecule has 1 unspecified atom stereocenters. The molecule has 0 heterocycles. The standard InChI is InChI=1S/C14H22FNO2/c1-11(2)16-14(3,10-17)8-9-18-13-7-5-4-6-12(13)15/h4-7,11,16-17H,8-10H2,1-3H3. The normalized spacial score (nSPS) is 14.6. The molecule has 1 atom stereocenters. The van der Waals surface area contributed by atoms with Crippen molar-refractivity contribution in [3.63, 3.8) is 0 Å². The van der Waals surface area contributed by atoms with Crippen LogP contribution in [0.4, 0.5) is 4.39 Å². The first-order valence-electron chi connectivity index (χ1n) is 6.23. The molecule has 0 saturated carbocycles. The number of hydrogen-bond donors (Lipinski definition) is 2. The van der Waals surface area contributed by atoms with Gasteiger partial charge in [0.25, 0.3) is 0 Å². The number of benzene rings is 1. The van der Waals surface area contributed by atoms with E-state index >= 15 is 0 Å². The first-order valence-corrected chi connectivity index (χ1v) is 6.23. The minimum atomic E-state index is -0.403. The van der Waals surface area contributed by atoms with Gasteiger partial charge >= 0.3 is 0 Å². The minimum absolute atomic E-state index is 0.0197. The van der Waals surface area contributed by atoms with Crippen molar-refractivity contribution in [2.45, 2.75) is 38.8 Å².